The van der Waals surface area contributed by atoms with Gasteiger partial charge in [0.05, 0.1) is 0 Å². The molecule has 0 bridgehead atoms. The molecule has 264 valence electrons. The number of furan rings is 2. The molecule has 0 aliphatic heterocycles. The van der Waals surface area contributed by atoms with E-state index in [9.17, 15) is 0 Å². The molecule has 2 aromatic heterocycles. The van der Waals surface area contributed by atoms with Crippen molar-refractivity contribution in [3.05, 3.63) is 216 Å². The average Bonchev–Trinajstić information content (AvgIpc) is 4.05. The summed E-state index contributed by atoms with van der Waals surface area (Å²) in [5.41, 5.74) is 15.2. The summed E-state index contributed by atoms with van der Waals surface area (Å²) in [7, 11) is 0. The summed E-state index contributed by atoms with van der Waals surface area (Å²) >= 11 is -1.41. The van der Waals surface area contributed by atoms with E-state index in [1.165, 1.54) is 55.7 Å². The Morgan fingerprint density at radius 1 is 0.327 bits per heavy atom. The standard InChI is InChI=1S/2C25H17O.2ClH.Zr/c2*1-3-8-18(9-4-1)22-13-7-12-20-16-21(17-23(20)22)25-15-14-24(26-25)19-10-5-2-6-11-19;;;/h2*1-17H;2*1H;/q;;;;+2/p-2. The van der Waals surface area contributed by atoms with Crippen molar-refractivity contribution in [3.63, 3.8) is 0 Å². The van der Waals surface area contributed by atoms with Crippen LogP contribution in [-0.2, 0) is 23.2 Å². The minimum atomic E-state index is -1.41. The predicted molar refractivity (Wildman–Crippen MR) is 213 cm³/mol. The van der Waals surface area contributed by atoms with Crippen LogP contribution in [0.3, 0.4) is 0 Å². The molecule has 2 unspecified atom stereocenters. The quantitative estimate of drug-likeness (QED) is 0.159. The van der Waals surface area contributed by atoms with Gasteiger partial charge in [-0.3, -0.25) is 0 Å². The molecule has 5 heteroatoms. The van der Waals surface area contributed by atoms with Gasteiger partial charge in [0.1, 0.15) is 0 Å². The van der Waals surface area contributed by atoms with E-state index in [-0.39, 0.29) is 32.1 Å². The van der Waals surface area contributed by atoms with Crippen molar-refractivity contribution in [1.82, 2.24) is 0 Å². The number of fused-ring (bicyclic) bond motifs is 2. The third-order valence-electron chi connectivity index (χ3n) is 10.5. The maximum atomic E-state index is 6.76. The van der Waals surface area contributed by atoms with E-state index >= 15 is 0 Å². The second kappa shape index (κ2) is 15.9. The Hall–Kier alpha value is -5.18. The van der Waals surface area contributed by atoms with Gasteiger partial charge in [0.15, 0.2) is 0 Å². The van der Waals surface area contributed by atoms with Crippen molar-refractivity contribution in [1.29, 1.82) is 0 Å². The summed E-state index contributed by atoms with van der Waals surface area (Å²) in [6.45, 7) is 0. The van der Waals surface area contributed by atoms with Crippen molar-refractivity contribution < 1.29 is 56.9 Å². The monoisotopic (exact) mass is 826 g/mol. The maximum absolute atomic E-state index is 6.76. The summed E-state index contributed by atoms with van der Waals surface area (Å²) in [5.74, 6) is 3.70. The van der Waals surface area contributed by atoms with Crippen LogP contribution >= 0.6 is 0 Å². The third-order valence-corrected chi connectivity index (χ3v) is 15.2. The normalized spacial score (nSPS) is 15.1. The van der Waals surface area contributed by atoms with E-state index in [2.05, 4.69) is 182 Å². The Kier molecular flexibility index (Phi) is 10.6. The van der Waals surface area contributed by atoms with E-state index in [4.69, 9.17) is 8.83 Å². The molecular weight excluding hydrogens is 795 g/mol. The van der Waals surface area contributed by atoms with Crippen LogP contribution in [0, 0.1) is 0 Å². The largest absolute Gasteiger partial charge is 1.00 e. The molecule has 0 spiro atoms. The van der Waals surface area contributed by atoms with E-state index in [0.29, 0.717) is 0 Å². The fourth-order valence-electron chi connectivity index (χ4n) is 8.00. The van der Waals surface area contributed by atoms with E-state index in [1.54, 1.807) is 0 Å². The van der Waals surface area contributed by atoms with Gasteiger partial charge in [0, 0.05) is 0 Å². The van der Waals surface area contributed by atoms with Gasteiger partial charge >= 0.3 is 323 Å². The van der Waals surface area contributed by atoms with Crippen LogP contribution in [0.15, 0.2) is 191 Å². The third kappa shape index (κ3) is 6.87. The fraction of sp³-hybridized carbons (Fsp3) is 0.0400. The van der Waals surface area contributed by atoms with Crippen LogP contribution in [0.1, 0.15) is 41.0 Å². The summed E-state index contributed by atoms with van der Waals surface area (Å²) < 4.78 is 14.0. The van der Waals surface area contributed by atoms with Crippen molar-refractivity contribution in [2.45, 2.75) is 7.25 Å². The minimum Gasteiger partial charge on any atom is -1.00 e. The van der Waals surface area contributed by atoms with Crippen molar-refractivity contribution in [3.8, 4) is 44.9 Å². The molecule has 8 aromatic rings. The van der Waals surface area contributed by atoms with Crippen molar-refractivity contribution in [2.24, 2.45) is 0 Å². The SMILES string of the molecule is C1=C(c2ccc(-c3ccccc3)o2)[CH]([Zr+2][CH]2C(c3ccc(-c4ccccc4)o3)=Cc3c(-c4ccccc4)cccc32)c2cccc(-c3ccccc3)c21.[Cl-].[Cl-]. The van der Waals surface area contributed by atoms with Gasteiger partial charge < -0.3 is 24.8 Å². The Labute approximate surface area is 345 Å². The molecule has 55 heavy (non-hydrogen) atoms. The van der Waals surface area contributed by atoms with Crippen LogP contribution in [0.4, 0.5) is 0 Å². The summed E-state index contributed by atoms with van der Waals surface area (Å²) in [6.07, 6.45) is 4.85. The van der Waals surface area contributed by atoms with E-state index < -0.39 is 23.2 Å². The first-order valence-corrected chi connectivity index (χ1v) is 21.0. The van der Waals surface area contributed by atoms with Crippen molar-refractivity contribution in [2.75, 3.05) is 0 Å². The molecule has 2 aliphatic rings. The Balaban J connectivity index is 0.00000214. The maximum Gasteiger partial charge on any atom is -1.00 e. The smallest absolute Gasteiger partial charge is 1.00 e. The van der Waals surface area contributed by atoms with Gasteiger partial charge in [-0.05, 0) is 0 Å². The number of hydrogen-bond acceptors (Lipinski definition) is 2. The van der Waals surface area contributed by atoms with Gasteiger partial charge in [0.25, 0.3) is 0 Å². The molecule has 6 aromatic carbocycles. The number of halogens is 2. The van der Waals surface area contributed by atoms with Gasteiger partial charge in [-0.2, -0.15) is 0 Å². The van der Waals surface area contributed by atoms with Gasteiger partial charge in [-0.15, -0.1) is 0 Å². The Bertz CT molecular complexity index is 2460. The molecule has 0 saturated heterocycles. The molecule has 0 fully saturated rings. The molecule has 2 atom stereocenters. The van der Waals surface area contributed by atoms with Crippen LogP contribution in [0.25, 0.3) is 68.2 Å². The summed E-state index contributed by atoms with van der Waals surface area (Å²) in [4.78, 5) is 0. The van der Waals surface area contributed by atoms with E-state index in [1.807, 2.05) is 12.1 Å². The Morgan fingerprint density at radius 2 is 0.673 bits per heavy atom. The minimum absolute atomic E-state index is 0. The molecular formula is C50H34Cl2O2Zr. The first-order chi connectivity index (χ1) is 26.3. The second-order valence-electron chi connectivity index (χ2n) is 13.6. The molecule has 2 aliphatic carbocycles. The van der Waals surface area contributed by atoms with Crippen molar-refractivity contribution >= 4 is 23.3 Å². The van der Waals surface area contributed by atoms with Gasteiger partial charge in [0.2, 0.25) is 0 Å². The second-order valence-corrected chi connectivity index (χ2v) is 17.3. The molecule has 10 rings (SSSR count). The number of hydrogen-bond donors (Lipinski definition) is 0. The topological polar surface area (TPSA) is 26.3 Å². The Morgan fingerprint density at radius 3 is 1.05 bits per heavy atom. The fourth-order valence-corrected chi connectivity index (χ4v) is 12.9. The molecule has 0 N–H and O–H groups in total. The van der Waals surface area contributed by atoms with Crippen LogP contribution < -0.4 is 24.8 Å². The first-order valence-electron chi connectivity index (χ1n) is 18.2. The number of allylic oxidation sites excluding steroid dienone is 2. The van der Waals surface area contributed by atoms with Gasteiger partial charge in [-0.25, -0.2) is 0 Å². The van der Waals surface area contributed by atoms with Crippen LogP contribution in [0.2, 0.25) is 0 Å². The first kappa shape index (κ1) is 36.8. The number of rotatable bonds is 8. The molecule has 2 nitrogen and oxygen atoms in total. The summed E-state index contributed by atoms with van der Waals surface area (Å²) in [5, 5.41) is 0. The zero-order chi connectivity index (χ0) is 35.1. The summed E-state index contributed by atoms with van der Waals surface area (Å²) in [6, 6.07) is 64.8. The molecule has 0 amide bonds. The van der Waals surface area contributed by atoms with Crippen LogP contribution in [0.5, 0.6) is 0 Å². The van der Waals surface area contributed by atoms with Gasteiger partial charge in [-0.1, -0.05) is 0 Å². The molecule has 0 saturated carbocycles. The molecule has 0 radical (unpaired) electrons. The van der Waals surface area contributed by atoms with Crippen LogP contribution in [-0.4, -0.2) is 0 Å². The zero-order valence-electron chi connectivity index (χ0n) is 29.7. The number of benzene rings is 6. The molecule has 2 heterocycles. The zero-order valence-corrected chi connectivity index (χ0v) is 33.7. The average molecular weight is 829 g/mol. The predicted octanol–water partition coefficient (Wildman–Crippen LogP) is 7.52. The van der Waals surface area contributed by atoms with E-state index in [0.717, 1.165) is 34.2 Å².